The zero-order chi connectivity index (χ0) is 19.7. The van der Waals surface area contributed by atoms with E-state index in [-0.39, 0.29) is 5.92 Å². The van der Waals surface area contributed by atoms with Gasteiger partial charge in [0.05, 0.1) is 11.3 Å². The van der Waals surface area contributed by atoms with Crippen LogP contribution in [-0.4, -0.2) is 15.9 Å². The van der Waals surface area contributed by atoms with Crippen LogP contribution in [0, 0.1) is 6.92 Å². The van der Waals surface area contributed by atoms with Crippen LogP contribution in [0.3, 0.4) is 0 Å². The molecule has 4 rings (SSSR count). The fraction of sp³-hybridized carbons (Fsp3) is 0.292. The minimum absolute atomic E-state index is 0.158. The molecular weight excluding hydrogens is 346 g/mol. The number of rotatable bonds is 4. The van der Waals surface area contributed by atoms with Crippen molar-refractivity contribution in [3.8, 4) is 0 Å². The summed E-state index contributed by atoms with van der Waals surface area (Å²) in [6, 6.07) is 12.7. The van der Waals surface area contributed by atoms with E-state index in [1.165, 1.54) is 42.4 Å². The number of aryl methyl sites for hydroxylation is 1. The van der Waals surface area contributed by atoms with Crippen LogP contribution < -0.4 is 5.73 Å². The van der Waals surface area contributed by atoms with E-state index >= 15 is 0 Å². The summed E-state index contributed by atoms with van der Waals surface area (Å²) in [6.07, 6.45) is 9.09. The van der Waals surface area contributed by atoms with Gasteiger partial charge in [-0.05, 0) is 67.0 Å². The number of fused-ring (bicyclic) bond motifs is 1. The maximum atomic E-state index is 11.8. The predicted octanol–water partition coefficient (Wildman–Crippen LogP) is 5.15. The number of nitrogens with two attached hydrogens (primary N) is 1. The highest BCUT2D eigenvalue weighted by molar-refractivity contribution is 5.97. The predicted molar refractivity (Wildman–Crippen MR) is 113 cm³/mol. The van der Waals surface area contributed by atoms with Gasteiger partial charge < -0.3 is 5.73 Å². The Kier molecular flexibility index (Phi) is 4.95. The van der Waals surface area contributed by atoms with Crippen LogP contribution in [0.25, 0.3) is 16.6 Å². The van der Waals surface area contributed by atoms with Crippen molar-refractivity contribution in [1.29, 1.82) is 0 Å². The van der Waals surface area contributed by atoms with Crippen LogP contribution in [0.5, 0.6) is 0 Å². The lowest BCUT2D eigenvalue weighted by Gasteiger charge is -2.17. The van der Waals surface area contributed by atoms with E-state index in [1.807, 2.05) is 12.1 Å². The zero-order valence-electron chi connectivity index (χ0n) is 16.4. The van der Waals surface area contributed by atoms with Crippen molar-refractivity contribution >= 4 is 22.5 Å². The number of amides is 1. The summed E-state index contributed by atoms with van der Waals surface area (Å²) in [5, 5.41) is 0.883. The first-order chi connectivity index (χ1) is 13.5. The summed E-state index contributed by atoms with van der Waals surface area (Å²) < 4.78 is 0. The third kappa shape index (κ3) is 3.42. The molecule has 0 spiro atoms. The molecule has 1 aliphatic rings. The molecular formula is C24H25N3O. The molecule has 3 aromatic rings. The lowest BCUT2D eigenvalue weighted by atomic mass is 9.88. The number of pyridine rings is 2. The fourth-order valence-corrected chi connectivity index (χ4v) is 4.07. The first kappa shape index (κ1) is 18.4. The number of benzene rings is 1. The van der Waals surface area contributed by atoms with Crippen molar-refractivity contribution in [3.05, 3.63) is 76.6 Å². The molecule has 2 heterocycles. The van der Waals surface area contributed by atoms with Gasteiger partial charge in [0.25, 0.3) is 5.91 Å². The Bertz CT molecular complexity index is 1070. The molecule has 0 radical (unpaired) electrons. The molecule has 1 aliphatic carbocycles. The van der Waals surface area contributed by atoms with Crippen molar-refractivity contribution in [2.45, 2.75) is 45.4 Å². The molecule has 4 heteroatoms. The number of primary amides is 1. The lowest BCUT2D eigenvalue weighted by Crippen LogP contribution is -2.14. The molecule has 2 aromatic heterocycles. The normalized spacial score (nSPS) is 15.3. The highest BCUT2D eigenvalue weighted by Gasteiger charge is 2.16. The summed E-state index contributed by atoms with van der Waals surface area (Å²) in [4.78, 5) is 20.6. The maximum Gasteiger partial charge on any atom is 0.250 e. The smallest absolute Gasteiger partial charge is 0.250 e. The summed E-state index contributed by atoms with van der Waals surface area (Å²) in [5.41, 5.74) is 12.4. The Hall–Kier alpha value is -3.01. The average Bonchev–Trinajstić information content (AvgIpc) is 2.73. The third-order valence-electron chi connectivity index (χ3n) is 5.76. The summed E-state index contributed by atoms with van der Waals surface area (Å²) in [5.74, 6) is -0.301. The van der Waals surface area contributed by atoms with Gasteiger partial charge in [0, 0.05) is 17.5 Å². The molecule has 28 heavy (non-hydrogen) atoms. The molecule has 0 saturated carbocycles. The third-order valence-corrected chi connectivity index (χ3v) is 5.76. The van der Waals surface area contributed by atoms with Gasteiger partial charge in [-0.15, -0.1) is 0 Å². The number of hydrogen-bond acceptors (Lipinski definition) is 3. The van der Waals surface area contributed by atoms with E-state index in [2.05, 4.69) is 47.2 Å². The Balaban J connectivity index is 1.72. The number of nitrogens with zero attached hydrogens (tertiary/aromatic N) is 2. The number of allylic oxidation sites excluding steroid dienone is 2. The second-order valence-corrected chi connectivity index (χ2v) is 7.58. The van der Waals surface area contributed by atoms with Crippen molar-refractivity contribution in [2.75, 3.05) is 0 Å². The van der Waals surface area contributed by atoms with Crippen LogP contribution in [-0.2, 0) is 0 Å². The van der Waals surface area contributed by atoms with E-state index in [1.54, 1.807) is 13.1 Å². The largest absolute Gasteiger partial charge is 0.366 e. The van der Waals surface area contributed by atoms with E-state index in [9.17, 15) is 4.79 Å². The molecule has 1 amide bonds. The van der Waals surface area contributed by atoms with Crippen LogP contribution in [0.2, 0.25) is 0 Å². The van der Waals surface area contributed by atoms with E-state index in [0.717, 1.165) is 10.9 Å². The van der Waals surface area contributed by atoms with E-state index < -0.39 is 5.91 Å². The molecule has 0 aliphatic heterocycles. The molecule has 2 N–H and O–H groups in total. The van der Waals surface area contributed by atoms with Crippen LogP contribution in [0.15, 0.2) is 48.7 Å². The van der Waals surface area contributed by atoms with Crippen molar-refractivity contribution < 1.29 is 4.79 Å². The van der Waals surface area contributed by atoms with E-state index in [0.29, 0.717) is 16.9 Å². The number of hydrogen-bond donors (Lipinski definition) is 1. The van der Waals surface area contributed by atoms with Gasteiger partial charge >= 0.3 is 0 Å². The molecule has 1 atom stereocenters. The Morgan fingerprint density at radius 1 is 1.14 bits per heavy atom. The highest BCUT2D eigenvalue weighted by Crippen LogP contribution is 2.32. The monoisotopic (exact) mass is 371 g/mol. The zero-order valence-corrected chi connectivity index (χ0v) is 16.4. The quantitative estimate of drug-likeness (QED) is 0.690. The van der Waals surface area contributed by atoms with Crippen LogP contribution in [0.1, 0.15) is 71.3 Å². The summed E-state index contributed by atoms with van der Waals surface area (Å²) in [6.45, 7) is 3.96. The van der Waals surface area contributed by atoms with Gasteiger partial charge in [-0.2, -0.15) is 0 Å². The van der Waals surface area contributed by atoms with Gasteiger partial charge in [-0.1, -0.05) is 37.3 Å². The van der Waals surface area contributed by atoms with Crippen molar-refractivity contribution in [3.63, 3.8) is 0 Å². The first-order valence-electron chi connectivity index (χ1n) is 9.90. The fourth-order valence-electron chi connectivity index (χ4n) is 4.07. The Morgan fingerprint density at radius 3 is 2.61 bits per heavy atom. The highest BCUT2D eigenvalue weighted by atomic mass is 16.1. The number of carbonyl (C=O) groups excluding carboxylic acids is 1. The Labute approximate surface area is 165 Å². The molecule has 0 saturated heterocycles. The molecule has 4 nitrogen and oxygen atoms in total. The van der Waals surface area contributed by atoms with Crippen LogP contribution >= 0.6 is 0 Å². The van der Waals surface area contributed by atoms with Crippen molar-refractivity contribution in [2.24, 2.45) is 5.73 Å². The Morgan fingerprint density at radius 2 is 1.93 bits per heavy atom. The van der Waals surface area contributed by atoms with Gasteiger partial charge in [0.1, 0.15) is 0 Å². The average molecular weight is 371 g/mol. The second-order valence-electron chi connectivity index (χ2n) is 7.58. The number of carbonyl (C=O) groups is 1. The van der Waals surface area contributed by atoms with Gasteiger partial charge in [-0.3, -0.25) is 4.79 Å². The van der Waals surface area contributed by atoms with Gasteiger partial charge in [0.2, 0.25) is 0 Å². The lowest BCUT2D eigenvalue weighted by molar-refractivity contribution is 0.0999. The molecule has 0 fully saturated rings. The maximum absolute atomic E-state index is 11.8. The first-order valence-corrected chi connectivity index (χ1v) is 9.90. The summed E-state index contributed by atoms with van der Waals surface area (Å²) >= 11 is 0. The van der Waals surface area contributed by atoms with Gasteiger partial charge in [-0.25, -0.2) is 9.97 Å². The molecule has 142 valence electrons. The number of aromatic nitrogens is 2. The molecule has 1 unspecified atom stereocenters. The minimum atomic E-state index is -0.459. The minimum Gasteiger partial charge on any atom is -0.366 e. The SMILES string of the molecule is Cc1nc2nccc(C(C)c3ccc(C4=CCCCC4)cc3)c2cc1C(N)=O. The van der Waals surface area contributed by atoms with Crippen LogP contribution in [0.4, 0.5) is 0 Å². The summed E-state index contributed by atoms with van der Waals surface area (Å²) in [7, 11) is 0. The van der Waals surface area contributed by atoms with Crippen molar-refractivity contribution in [1.82, 2.24) is 9.97 Å². The topological polar surface area (TPSA) is 68.9 Å². The molecule has 1 aromatic carbocycles. The second kappa shape index (κ2) is 7.55. The molecule has 0 bridgehead atoms. The standard InChI is InChI=1S/C24H25N3O/c1-15(17-8-10-19(11-9-17)18-6-4-3-5-7-18)20-12-13-26-24-22(20)14-21(23(25)28)16(2)27-24/h6,8-15H,3-5,7H2,1-2H3,(H2,25,28). The van der Waals surface area contributed by atoms with E-state index in [4.69, 9.17) is 5.73 Å². The van der Waals surface area contributed by atoms with Gasteiger partial charge in [0.15, 0.2) is 5.65 Å².